The lowest BCUT2D eigenvalue weighted by Crippen LogP contribution is -2.35. The highest BCUT2D eigenvalue weighted by atomic mass is 32.5. The molecule has 2 aromatic heterocycles. The number of terminal acetylenes is 1. The first-order valence-corrected chi connectivity index (χ1v) is 13.3. The predicted octanol–water partition coefficient (Wildman–Crippen LogP) is 1.17. The Kier molecular flexibility index (Phi) is 8.13. The van der Waals surface area contributed by atoms with E-state index in [1.165, 1.54) is 0 Å². The predicted molar refractivity (Wildman–Crippen MR) is 131 cm³/mol. The average molecular weight is 512 g/mol. The summed E-state index contributed by atoms with van der Waals surface area (Å²) in [5.74, 6) is 2.58. The van der Waals surface area contributed by atoms with Crippen molar-refractivity contribution in [3.05, 3.63) is 6.33 Å². The zero-order valence-electron chi connectivity index (χ0n) is 19.7. The van der Waals surface area contributed by atoms with Crippen LogP contribution in [-0.2, 0) is 30.6 Å². The number of carbonyl (C=O) groups is 1. The lowest BCUT2D eigenvalue weighted by Gasteiger charge is -2.23. The smallest absolute Gasteiger partial charge is 0.323 e. The van der Waals surface area contributed by atoms with E-state index in [1.807, 2.05) is 14.1 Å². The van der Waals surface area contributed by atoms with Crippen LogP contribution in [0.15, 0.2) is 6.33 Å². The molecule has 34 heavy (non-hydrogen) atoms. The van der Waals surface area contributed by atoms with E-state index in [1.54, 1.807) is 36.6 Å². The zero-order chi connectivity index (χ0) is 25.2. The Balaban J connectivity index is 1.70. The monoisotopic (exact) mass is 511 g/mol. The number of nitrogens with zero attached hydrogens (tertiary/aromatic N) is 5. The number of aromatic nitrogens is 4. The molecule has 0 saturated carbocycles. The number of fused-ring (bicyclic) bond motifs is 1. The summed E-state index contributed by atoms with van der Waals surface area (Å²) in [6.45, 7) is 1.51. The van der Waals surface area contributed by atoms with Gasteiger partial charge in [0.25, 0.3) is 6.64 Å². The standard InChI is InChI=1S/C20H30N7O5PS/c1-7-13-8-14(9-30-33(29,34)25-12(4)19(28)31-11(2)3)32-18(13)27-10-22-15-16(26(5)6)23-20(21)24-17(15)27/h1,10-14,18H,8-9H2,2-6H3,(H2,21,23,24)(H2,25,29,34)/t12-,13-,14-,18+,33?/m0/s1. The second-order valence-electron chi connectivity index (χ2n) is 8.43. The first-order valence-electron chi connectivity index (χ1n) is 10.7. The fraction of sp³-hybridized carbons (Fsp3) is 0.600. The van der Waals surface area contributed by atoms with Crippen molar-refractivity contribution >= 4 is 47.3 Å². The molecule has 0 aliphatic carbocycles. The van der Waals surface area contributed by atoms with Gasteiger partial charge in [0.05, 0.1) is 31.1 Å². The zero-order valence-corrected chi connectivity index (χ0v) is 21.4. The number of imidazole rings is 1. The normalized spacial score (nSPS) is 22.9. The summed E-state index contributed by atoms with van der Waals surface area (Å²) in [7, 11) is 3.67. The van der Waals surface area contributed by atoms with Crippen molar-refractivity contribution in [3.63, 3.8) is 0 Å². The van der Waals surface area contributed by atoms with Crippen LogP contribution in [0.4, 0.5) is 11.8 Å². The molecule has 14 heteroatoms. The van der Waals surface area contributed by atoms with Crippen molar-refractivity contribution in [2.45, 2.75) is 51.7 Å². The summed E-state index contributed by atoms with van der Waals surface area (Å²) >= 11 is 5.15. The SMILES string of the molecule is C#C[C@H]1C[C@@H](COP(O)(=S)N[C@@H](C)C(=O)OC(C)C)O[C@H]1n1cnc2c(N(C)C)nc(N)nc21. The summed E-state index contributed by atoms with van der Waals surface area (Å²) in [6.07, 6.45) is 6.51. The van der Waals surface area contributed by atoms with E-state index >= 15 is 0 Å². The molecule has 1 aliphatic heterocycles. The molecule has 5 atom stereocenters. The van der Waals surface area contributed by atoms with Crippen LogP contribution in [0.5, 0.6) is 0 Å². The Labute approximate surface area is 203 Å². The number of rotatable bonds is 9. The molecule has 0 bridgehead atoms. The van der Waals surface area contributed by atoms with Crippen LogP contribution in [0.3, 0.4) is 0 Å². The molecule has 1 fully saturated rings. The number of nitrogens with two attached hydrogens (primary N) is 1. The molecule has 3 rings (SSSR count). The summed E-state index contributed by atoms with van der Waals surface area (Å²) in [5, 5.41) is 2.63. The molecular formula is C20H30N7O5PS. The molecule has 3 heterocycles. The van der Waals surface area contributed by atoms with E-state index in [2.05, 4.69) is 26.0 Å². The van der Waals surface area contributed by atoms with Gasteiger partial charge in [-0.2, -0.15) is 9.97 Å². The van der Waals surface area contributed by atoms with Crippen molar-refractivity contribution < 1.29 is 23.7 Å². The van der Waals surface area contributed by atoms with Gasteiger partial charge < -0.3 is 29.5 Å². The van der Waals surface area contributed by atoms with E-state index in [4.69, 9.17) is 38.0 Å². The van der Waals surface area contributed by atoms with Gasteiger partial charge in [-0.25, -0.2) is 10.1 Å². The van der Waals surface area contributed by atoms with Crippen LogP contribution in [0.25, 0.3) is 11.2 Å². The van der Waals surface area contributed by atoms with Crippen LogP contribution in [0.2, 0.25) is 0 Å². The number of anilines is 2. The second-order valence-corrected chi connectivity index (χ2v) is 11.5. The van der Waals surface area contributed by atoms with E-state index in [9.17, 15) is 9.69 Å². The van der Waals surface area contributed by atoms with Gasteiger partial charge >= 0.3 is 5.97 Å². The lowest BCUT2D eigenvalue weighted by molar-refractivity contribution is -0.149. The third-order valence-electron chi connectivity index (χ3n) is 5.02. The van der Waals surface area contributed by atoms with E-state index in [0.717, 1.165) is 0 Å². The molecule has 1 aliphatic rings. The van der Waals surface area contributed by atoms with Crippen molar-refractivity contribution in [3.8, 4) is 12.3 Å². The fourth-order valence-electron chi connectivity index (χ4n) is 3.53. The van der Waals surface area contributed by atoms with Crippen LogP contribution in [-0.4, -0.2) is 69.3 Å². The molecule has 12 nitrogen and oxygen atoms in total. The summed E-state index contributed by atoms with van der Waals surface area (Å²) in [6, 6.07) is -0.831. The molecule has 1 unspecified atom stereocenters. The average Bonchev–Trinajstić information content (AvgIpc) is 3.34. The molecule has 4 N–H and O–H groups in total. The number of nitrogens with one attached hydrogen (secondary N) is 1. The summed E-state index contributed by atoms with van der Waals surface area (Å²) in [5.41, 5.74) is 6.96. The summed E-state index contributed by atoms with van der Waals surface area (Å²) < 4.78 is 18.5. The van der Waals surface area contributed by atoms with Gasteiger partial charge in [0.15, 0.2) is 23.2 Å². The van der Waals surface area contributed by atoms with Crippen LogP contribution in [0.1, 0.15) is 33.4 Å². The number of nitrogen functional groups attached to an aromatic ring is 1. The van der Waals surface area contributed by atoms with E-state index in [0.29, 0.717) is 23.4 Å². The fourth-order valence-corrected chi connectivity index (χ4v) is 5.23. The van der Waals surface area contributed by atoms with Crippen LogP contribution < -0.4 is 15.7 Å². The second kappa shape index (κ2) is 10.5. The molecule has 0 spiro atoms. The number of esters is 1. The minimum atomic E-state index is -3.48. The molecular weight excluding hydrogens is 481 g/mol. The Morgan fingerprint density at radius 1 is 1.50 bits per heavy atom. The third kappa shape index (κ3) is 6.02. The van der Waals surface area contributed by atoms with Gasteiger partial charge in [0.2, 0.25) is 5.95 Å². The van der Waals surface area contributed by atoms with E-state index < -0.39 is 31.0 Å². The highest BCUT2D eigenvalue weighted by Crippen LogP contribution is 2.42. The minimum absolute atomic E-state index is 0.0197. The number of carbonyl (C=O) groups excluding carboxylic acids is 1. The highest BCUT2D eigenvalue weighted by molar-refractivity contribution is 8.08. The van der Waals surface area contributed by atoms with Crippen LogP contribution in [0, 0.1) is 18.3 Å². The maximum Gasteiger partial charge on any atom is 0.323 e. The van der Waals surface area contributed by atoms with Gasteiger partial charge in [-0.3, -0.25) is 9.36 Å². The first-order chi connectivity index (χ1) is 15.9. The van der Waals surface area contributed by atoms with Gasteiger partial charge in [0.1, 0.15) is 6.04 Å². The van der Waals surface area contributed by atoms with Crippen molar-refractivity contribution in [1.29, 1.82) is 0 Å². The lowest BCUT2D eigenvalue weighted by atomic mass is 10.0. The molecule has 0 radical (unpaired) electrons. The van der Waals surface area contributed by atoms with Gasteiger partial charge in [-0.15, -0.1) is 6.42 Å². The Hall–Kier alpha value is -2.33. The van der Waals surface area contributed by atoms with Crippen LogP contribution >= 0.6 is 6.64 Å². The largest absolute Gasteiger partial charge is 0.462 e. The maximum atomic E-state index is 12.0. The van der Waals surface area contributed by atoms with E-state index in [-0.39, 0.29) is 24.6 Å². The maximum absolute atomic E-state index is 12.0. The topological polar surface area (TPSA) is 150 Å². The number of hydrogen-bond acceptors (Lipinski definition) is 10. The van der Waals surface area contributed by atoms with Gasteiger partial charge in [-0.05, 0) is 39.0 Å². The van der Waals surface area contributed by atoms with Gasteiger partial charge in [-0.1, -0.05) is 5.92 Å². The van der Waals surface area contributed by atoms with Crippen molar-refractivity contribution in [2.24, 2.45) is 5.92 Å². The molecule has 1 saturated heterocycles. The quantitative estimate of drug-likeness (QED) is 0.252. The molecule has 186 valence electrons. The minimum Gasteiger partial charge on any atom is -0.462 e. The van der Waals surface area contributed by atoms with Crippen molar-refractivity contribution in [2.75, 3.05) is 31.3 Å². The Bertz CT molecular complexity index is 1130. The molecule has 2 aromatic rings. The summed E-state index contributed by atoms with van der Waals surface area (Å²) in [4.78, 5) is 37.3. The number of ether oxygens (including phenoxy) is 2. The molecule has 0 aromatic carbocycles. The number of hydrogen-bond donors (Lipinski definition) is 3. The Morgan fingerprint density at radius 2 is 2.21 bits per heavy atom. The third-order valence-corrected chi connectivity index (χ3v) is 6.87. The van der Waals surface area contributed by atoms with Gasteiger partial charge in [0, 0.05) is 14.1 Å². The molecule has 0 amide bonds. The Morgan fingerprint density at radius 3 is 2.82 bits per heavy atom. The first kappa shape index (κ1) is 26.3. The highest BCUT2D eigenvalue weighted by Gasteiger charge is 2.38. The van der Waals surface area contributed by atoms with Crippen molar-refractivity contribution in [1.82, 2.24) is 24.6 Å².